The highest BCUT2D eigenvalue weighted by Crippen LogP contribution is 2.40. The molecule has 4 aromatic rings. The number of benzene rings is 2. The molecule has 0 spiro atoms. The molecule has 0 N–H and O–H groups in total. The van der Waals surface area contributed by atoms with Crippen molar-refractivity contribution in [1.29, 1.82) is 0 Å². The number of fused-ring (bicyclic) bond motifs is 3. The molecule has 0 unspecified atom stereocenters. The van der Waals surface area contributed by atoms with Crippen LogP contribution in [0.2, 0.25) is 0 Å². The Morgan fingerprint density at radius 1 is 0.750 bits per heavy atom. The highest BCUT2D eigenvalue weighted by atomic mass is 32.1. The summed E-state index contributed by atoms with van der Waals surface area (Å²) >= 11 is 1.91. The number of thiophene rings is 1. The van der Waals surface area contributed by atoms with E-state index in [4.69, 9.17) is 9.97 Å². The lowest BCUT2D eigenvalue weighted by Crippen LogP contribution is -2.47. The molecule has 3 heterocycles. The summed E-state index contributed by atoms with van der Waals surface area (Å²) in [7, 11) is 0. The zero-order chi connectivity index (χ0) is 21.3. The highest BCUT2D eigenvalue weighted by Gasteiger charge is 2.26. The number of hydrogen-bond acceptors (Lipinski definition) is 5. The van der Waals surface area contributed by atoms with Gasteiger partial charge in [0.05, 0.1) is 5.39 Å². The lowest BCUT2D eigenvalue weighted by atomic mass is 9.96. The zero-order valence-electron chi connectivity index (χ0n) is 18.3. The average molecular weight is 441 g/mol. The number of anilines is 2. The fourth-order valence-electron chi connectivity index (χ4n) is 5.08. The van der Waals surface area contributed by atoms with E-state index in [-0.39, 0.29) is 0 Å². The van der Waals surface area contributed by atoms with Crippen LogP contribution in [-0.2, 0) is 19.3 Å². The van der Waals surface area contributed by atoms with Crippen LogP contribution >= 0.6 is 11.3 Å². The number of nitrogens with zero attached hydrogens (tertiary/aromatic N) is 4. The molecule has 0 amide bonds. The summed E-state index contributed by atoms with van der Waals surface area (Å²) in [6.45, 7) is 4.04. The molecule has 5 heteroatoms. The lowest BCUT2D eigenvalue weighted by molar-refractivity contribution is 0.647. The van der Waals surface area contributed by atoms with Gasteiger partial charge in [-0.1, -0.05) is 48.5 Å². The Morgan fingerprint density at radius 3 is 2.22 bits per heavy atom. The molecule has 0 bridgehead atoms. The molecular formula is C27H28N4S. The van der Waals surface area contributed by atoms with Crippen LogP contribution < -0.4 is 9.80 Å². The van der Waals surface area contributed by atoms with Crippen LogP contribution in [0.25, 0.3) is 10.2 Å². The predicted molar refractivity (Wildman–Crippen MR) is 134 cm³/mol. The Kier molecular flexibility index (Phi) is 5.27. The van der Waals surface area contributed by atoms with E-state index in [1.54, 1.807) is 4.88 Å². The SMILES string of the molecule is c1ccc(Cc2nc(N3CCN(c4ccccc4)CC3)c3c4c(sc3n2)CCCC4)cc1. The summed E-state index contributed by atoms with van der Waals surface area (Å²) in [6.07, 6.45) is 5.75. The van der Waals surface area contributed by atoms with Gasteiger partial charge in [0.2, 0.25) is 0 Å². The second kappa shape index (κ2) is 8.55. The normalized spacial score (nSPS) is 16.4. The van der Waals surface area contributed by atoms with Gasteiger partial charge in [-0.15, -0.1) is 11.3 Å². The van der Waals surface area contributed by atoms with E-state index in [0.717, 1.165) is 38.4 Å². The van der Waals surface area contributed by atoms with E-state index in [0.29, 0.717) is 0 Å². The van der Waals surface area contributed by atoms with Crippen molar-refractivity contribution < 1.29 is 0 Å². The van der Waals surface area contributed by atoms with Crippen molar-refractivity contribution in [2.45, 2.75) is 32.1 Å². The number of hydrogen-bond donors (Lipinski definition) is 0. The predicted octanol–water partition coefficient (Wildman–Crippen LogP) is 5.49. The van der Waals surface area contributed by atoms with Crippen molar-refractivity contribution in [1.82, 2.24) is 9.97 Å². The zero-order valence-corrected chi connectivity index (χ0v) is 19.2. The molecule has 4 nitrogen and oxygen atoms in total. The van der Waals surface area contributed by atoms with Gasteiger partial charge in [0.25, 0.3) is 0 Å². The van der Waals surface area contributed by atoms with E-state index in [1.165, 1.54) is 58.5 Å². The minimum absolute atomic E-state index is 0.788. The Hall–Kier alpha value is -2.92. The fourth-order valence-corrected chi connectivity index (χ4v) is 6.36. The first kappa shape index (κ1) is 19.7. The van der Waals surface area contributed by atoms with Gasteiger partial charge in [0.1, 0.15) is 16.5 Å². The maximum Gasteiger partial charge on any atom is 0.141 e. The van der Waals surface area contributed by atoms with Crippen LogP contribution in [0, 0.1) is 0 Å². The van der Waals surface area contributed by atoms with Gasteiger partial charge in [-0.05, 0) is 48.9 Å². The minimum Gasteiger partial charge on any atom is -0.368 e. The molecule has 0 saturated carbocycles. The first-order valence-electron chi connectivity index (χ1n) is 11.8. The fraction of sp³-hybridized carbons (Fsp3) is 0.333. The van der Waals surface area contributed by atoms with E-state index in [1.807, 2.05) is 11.3 Å². The van der Waals surface area contributed by atoms with E-state index < -0.39 is 0 Å². The van der Waals surface area contributed by atoms with Crippen molar-refractivity contribution in [3.8, 4) is 0 Å². The molecule has 2 aromatic carbocycles. The Labute approximate surface area is 193 Å². The van der Waals surface area contributed by atoms with Gasteiger partial charge >= 0.3 is 0 Å². The Balaban J connectivity index is 1.36. The quantitative estimate of drug-likeness (QED) is 0.420. The summed E-state index contributed by atoms with van der Waals surface area (Å²) in [5, 5.41) is 1.34. The third-order valence-corrected chi connectivity index (χ3v) is 7.93. The van der Waals surface area contributed by atoms with Crippen molar-refractivity contribution in [2.75, 3.05) is 36.0 Å². The standard InChI is InChI=1S/C27H28N4S/c1-3-9-20(10-4-1)19-24-28-26(25-22-13-7-8-14-23(22)32-27(25)29-24)31-17-15-30(16-18-31)21-11-5-2-6-12-21/h1-6,9-12H,7-8,13-19H2. The highest BCUT2D eigenvalue weighted by molar-refractivity contribution is 7.19. The number of aromatic nitrogens is 2. The maximum absolute atomic E-state index is 5.20. The minimum atomic E-state index is 0.788. The van der Waals surface area contributed by atoms with E-state index in [2.05, 4.69) is 70.5 Å². The molecule has 2 aromatic heterocycles. The van der Waals surface area contributed by atoms with Crippen LogP contribution in [0.15, 0.2) is 60.7 Å². The number of para-hydroxylation sites is 1. The lowest BCUT2D eigenvalue weighted by Gasteiger charge is -2.37. The van der Waals surface area contributed by atoms with Gasteiger partial charge in [-0.2, -0.15) is 0 Å². The maximum atomic E-state index is 5.20. The van der Waals surface area contributed by atoms with E-state index in [9.17, 15) is 0 Å². The van der Waals surface area contributed by atoms with Crippen LogP contribution in [-0.4, -0.2) is 36.1 Å². The number of rotatable bonds is 4. The van der Waals surface area contributed by atoms with Gasteiger partial charge < -0.3 is 9.80 Å². The molecule has 162 valence electrons. The van der Waals surface area contributed by atoms with Crippen LogP contribution in [0.1, 0.15) is 34.7 Å². The van der Waals surface area contributed by atoms with Crippen LogP contribution in [0.3, 0.4) is 0 Å². The summed E-state index contributed by atoms with van der Waals surface area (Å²) < 4.78 is 0. The summed E-state index contributed by atoms with van der Waals surface area (Å²) in [6, 6.07) is 21.4. The largest absolute Gasteiger partial charge is 0.368 e. The van der Waals surface area contributed by atoms with Crippen molar-refractivity contribution in [2.24, 2.45) is 0 Å². The third kappa shape index (κ3) is 3.75. The molecular weight excluding hydrogens is 412 g/mol. The van der Waals surface area contributed by atoms with Crippen LogP contribution in [0.5, 0.6) is 0 Å². The first-order valence-corrected chi connectivity index (χ1v) is 12.6. The molecule has 2 aliphatic rings. The molecule has 1 saturated heterocycles. The summed E-state index contributed by atoms with van der Waals surface area (Å²) in [4.78, 5) is 18.0. The Bertz CT molecular complexity index is 1210. The molecule has 32 heavy (non-hydrogen) atoms. The molecule has 1 fully saturated rings. The van der Waals surface area contributed by atoms with Crippen molar-refractivity contribution in [3.63, 3.8) is 0 Å². The van der Waals surface area contributed by atoms with Crippen molar-refractivity contribution >= 4 is 33.1 Å². The third-order valence-electron chi connectivity index (χ3n) is 6.75. The van der Waals surface area contributed by atoms with Gasteiger partial charge in [0.15, 0.2) is 0 Å². The second-order valence-corrected chi connectivity index (χ2v) is 9.91. The van der Waals surface area contributed by atoms with Crippen molar-refractivity contribution in [3.05, 3.63) is 82.5 Å². The summed E-state index contributed by atoms with van der Waals surface area (Å²) in [5.74, 6) is 2.12. The molecule has 0 radical (unpaired) electrons. The number of piperazine rings is 1. The molecule has 1 aliphatic carbocycles. The molecule has 6 rings (SSSR count). The Morgan fingerprint density at radius 2 is 1.44 bits per heavy atom. The average Bonchev–Trinajstić information content (AvgIpc) is 3.23. The van der Waals surface area contributed by atoms with Gasteiger partial charge in [-0.25, -0.2) is 9.97 Å². The summed E-state index contributed by atoms with van der Waals surface area (Å²) in [5.41, 5.74) is 4.12. The number of aryl methyl sites for hydroxylation is 2. The van der Waals surface area contributed by atoms with E-state index >= 15 is 0 Å². The monoisotopic (exact) mass is 440 g/mol. The topological polar surface area (TPSA) is 32.3 Å². The second-order valence-electron chi connectivity index (χ2n) is 8.83. The smallest absolute Gasteiger partial charge is 0.141 e. The van der Waals surface area contributed by atoms with Gasteiger partial charge in [0, 0.05) is 43.2 Å². The molecule has 1 aliphatic heterocycles. The molecule has 0 atom stereocenters. The first-order chi connectivity index (χ1) is 15.8. The van der Waals surface area contributed by atoms with Crippen LogP contribution in [0.4, 0.5) is 11.5 Å². The van der Waals surface area contributed by atoms with Gasteiger partial charge in [-0.3, -0.25) is 0 Å².